The van der Waals surface area contributed by atoms with Crippen LogP contribution >= 0.6 is 0 Å². The zero-order valence-corrected chi connectivity index (χ0v) is 14.8. The van der Waals surface area contributed by atoms with Gasteiger partial charge in [-0.3, -0.25) is 4.90 Å². The minimum atomic E-state index is 0.359. The molecule has 0 radical (unpaired) electrons. The number of likely N-dealkylation sites (tertiary alicyclic amines) is 1. The summed E-state index contributed by atoms with van der Waals surface area (Å²) in [7, 11) is 0. The molecule has 0 aromatic carbocycles. The highest BCUT2D eigenvalue weighted by Crippen LogP contribution is 2.36. The van der Waals surface area contributed by atoms with Gasteiger partial charge in [0.25, 0.3) is 0 Å². The van der Waals surface area contributed by atoms with Gasteiger partial charge in [0.1, 0.15) is 0 Å². The summed E-state index contributed by atoms with van der Waals surface area (Å²) in [6.07, 6.45) is 14.0. The third-order valence-electron chi connectivity index (χ3n) is 6.20. The highest BCUT2D eigenvalue weighted by Gasteiger charge is 2.42. The van der Waals surface area contributed by atoms with Crippen molar-refractivity contribution in [2.75, 3.05) is 19.6 Å². The molecule has 124 valence electrons. The second-order valence-corrected chi connectivity index (χ2v) is 7.59. The van der Waals surface area contributed by atoms with Crippen molar-refractivity contribution in [3.63, 3.8) is 0 Å². The maximum absolute atomic E-state index is 3.99. The molecule has 0 aromatic rings. The van der Waals surface area contributed by atoms with Crippen molar-refractivity contribution in [1.29, 1.82) is 0 Å². The number of rotatable bonds is 7. The van der Waals surface area contributed by atoms with Crippen molar-refractivity contribution in [3.8, 4) is 0 Å². The van der Waals surface area contributed by atoms with Gasteiger partial charge in [0.05, 0.1) is 0 Å². The van der Waals surface area contributed by atoms with E-state index in [9.17, 15) is 0 Å². The van der Waals surface area contributed by atoms with E-state index in [1.807, 2.05) is 0 Å². The fourth-order valence-corrected chi connectivity index (χ4v) is 4.71. The second-order valence-electron chi connectivity index (χ2n) is 7.59. The molecule has 1 N–H and O–H groups in total. The molecule has 1 aliphatic carbocycles. The second kappa shape index (κ2) is 8.53. The zero-order chi connectivity index (χ0) is 15.1. The van der Waals surface area contributed by atoms with Crippen molar-refractivity contribution in [2.45, 2.75) is 96.6 Å². The van der Waals surface area contributed by atoms with Gasteiger partial charge in [0.2, 0.25) is 0 Å². The minimum Gasteiger partial charge on any atom is -0.312 e. The van der Waals surface area contributed by atoms with Gasteiger partial charge in [-0.15, -0.1) is 0 Å². The van der Waals surface area contributed by atoms with E-state index in [0.29, 0.717) is 11.6 Å². The van der Waals surface area contributed by atoms with E-state index >= 15 is 0 Å². The Morgan fingerprint density at radius 3 is 2.19 bits per heavy atom. The van der Waals surface area contributed by atoms with Crippen molar-refractivity contribution < 1.29 is 0 Å². The topological polar surface area (TPSA) is 15.3 Å². The van der Waals surface area contributed by atoms with E-state index in [-0.39, 0.29) is 0 Å². The lowest BCUT2D eigenvalue weighted by Gasteiger charge is -2.51. The van der Waals surface area contributed by atoms with Gasteiger partial charge in [0.15, 0.2) is 0 Å². The first-order valence-corrected chi connectivity index (χ1v) is 9.70. The Labute approximate surface area is 133 Å². The quantitative estimate of drug-likeness (QED) is 0.739. The summed E-state index contributed by atoms with van der Waals surface area (Å²) in [4.78, 5) is 2.83. The average Bonchev–Trinajstić information content (AvgIpc) is 2.56. The van der Waals surface area contributed by atoms with Crippen molar-refractivity contribution in [3.05, 3.63) is 0 Å². The van der Waals surface area contributed by atoms with Crippen molar-refractivity contribution >= 4 is 0 Å². The Morgan fingerprint density at radius 1 is 1.00 bits per heavy atom. The molecular weight excluding hydrogens is 256 g/mol. The summed E-state index contributed by atoms with van der Waals surface area (Å²) in [5.74, 6) is 0.900. The van der Waals surface area contributed by atoms with Crippen LogP contribution in [0.15, 0.2) is 0 Å². The third kappa shape index (κ3) is 4.22. The first-order chi connectivity index (χ1) is 10.2. The van der Waals surface area contributed by atoms with Crippen LogP contribution in [-0.4, -0.2) is 36.1 Å². The molecule has 1 saturated carbocycles. The number of hydrogen-bond donors (Lipinski definition) is 1. The molecule has 2 fully saturated rings. The lowest BCUT2D eigenvalue weighted by molar-refractivity contribution is 0.0160. The van der Waals surface area contributed by atoms with E-state index in [2.05, 4.69) is 31.0 Å². The van der Waals surface area contributed by atoms with Crippen molar-refractivity contribution in [2.24, 2.45) is 5.92 Å². The van der Waals surface area contributed by atoms with Crippen LogP contribution < -0.4 is 5.32 Å². The van der Waals surface area contributed by atoms with Crippen LogP contribution in [0.25, 0.3) is 0 Å². The predicted octanol–water partition coefficient (Wildman–Crippen LogP) is 4.59. The highest BCUT2D eigenvalue weighted by molar-refractivity contribution is 5.00. The Hall–Kier alpha value is -0.0800. The van der Waals surface area contributed by atoms with Gasteiger partial charge in [-0.05, 0) is 71.0 Å². The minimum absolute atomic E-state index is 0.359. The van der Waals surface area contributed by atoms with E-state index < -0.39 is 0 Å². The Kier molecular flexibility index (Phi) is 7.01. The Balaban J connectivity index is 2.13. The normalized spacial score (nSPS) is 26.4. The number of piperidine rings is 1. The smallest absolute Gasteiger partial charge is 0.0334 e. The maximum atomic E-state index is 3.99. The summed E-state index contributed by atoms with van der Waals surface area (Å²) in [6, 6.07) is 0.695. The first kappa shape index (κ1) is 17.3. The van der Waals surface area contributed by atoms with Crippen LogP contribution in [0.3, 0.4) is 0 Å². The van der Waals surface area contributed by atoms with Gasteiger partial charge in [-0.2, -0.15) is 0 Å². The molecule has 2 atom stereocenters. The van der Waals surface area contributed by atoms with Gasteiger partial charge >= 0.3 is 0 Å². The molecule has 0 spiro atoms. The van der Waals surface area contributed by atoms with E-state index in [0.717, 1.165) is 5.92 Å². The number of nitrogens with zero attached hydrogens (tertiary/aromatic N) is 1. The molecule has 0 amide bonds. The van der Waals surface area contributed by atoms with Crippen molar-refractivity contribution in [1.82, 2.24) is 10.2 Å². The lowest BCUT2D eigenvalue weighted by atomic mass is 9.73. The van der Waals surface area contributed by atoms with Crippen LogP contribution in [0, 0.1) is 5.92 Å². The molecule has 0 aromatic heterocycles. The van der Waals surface area contributed by atoms with Gasteiger partial charge in [0, 0.05) is 11.6 Å². The summed E-state index contributed by atoms with van der Waals surface area (Å²) < 4.78 is 0. The maximum Gasteiger partial charge on any atom is 0.0334 e. The highest BCUT2D eigenvalue weighted by atomic mass is 15.2. The molecule has 2 unspecified atom stereocenters. The largest absolute Gasteiger partial charge is 0.312 e. The van der Waals surface area contributed by atoms with E-state index in [4.69, 9.17) is 0 Å². The molecule has 2 nitrogen and oxygen atoms in total. The Bertz CT molecular complexity index is 279. The molecule has 2 rings (SSSR count). The van der Waals surface area contributed by atoms with Crippen LogP contribution in [0.4, 0.5) is 0 Å². The molecule has 21 heavy (non-hydrogen) atoms. The standard InChI is InChI=1S/C19H38N2/c1-4-14-20-18(17-12-8-6-9-13-17)19(3,5-2)21-15-10-7-11-16-21/h17-18,20H,4-16H2,1-3H3. The van der Waals surface area contributed by atoms with Gasteiger partial charge < -0.3 is 5.32 Å². The number of nitrogens with one attached hydrogen (secondary N) is 1. The molecule has 0 bridgehead atoms. The molecule has 2 aliphatic rings. The summed E-state index contributed by atoms with van der Waals surface area (Å²) in [5, 5.41) is 3.99. The average molecular weight is 295 g/mol. The van der Waals surface area contributed by atoms with Gasteiger partial charge in [-0.25, -0.2) is 0 Å². The SMILES string of the molecule is CCCNC(C1CCCCC1)C(C)(CC)N1CCCCC1. The summed E-state index contributed by atoms with van der Waals surface area (Å²) in [6.45, 7) is 11.1. The van der Waals surface area contributed by atoms with E-state index in [1.54, 1.807) is 0 Å². The molecule has 2 heteroatoms. The van der Waals surface area contributed by atoms with Crippen LogP contribution in [0.1, 0.15) is 85.0 Å². The summed E-state index contributed by atoms with van der Waals surface area (Å²) in [5.41, 5.74) is 0.359. The summed E-state index contributed by atoms with van der Waals surface area (Å²) >= 11 is 0. The molecule has 1 heterocycles. The third-order valence-corrected chi connectivity index (χ3v) is 6.20. The number of hydrogen-bond acceptors (Lipinski definition) is 2. The van der Waals surface area contributed by atoms with Crippen LogP contribution in [0.5, 0.6) is 0 Å². The van der Waals surface area contributed by atoms with Gasteiger partial charge in [-0.1, -0.05) is 39.5 Å². The molecule has 1 aliphatic heterocycles. The fraction of sp³-hybridized carbons (Fsp3) is 1.00. The zero-order valence-electron chi connectivity index (χ0n) is 14.8. The predicted molar refractivity (Wildman–Crippen MR) is 92.8 cm³/mol. The molecule has 1 saturated heterocycles. The van der Waals surface area contributed by atoms with E-state index in [1.165, 1.54) is 83.8 Å². The lowest BCUT2D eigenvalue weighted by Crippen LogP contribution is -2.63. The Morgan fingerprint density at radius 2 is 1.62 bits per heavy atom. The monoisotopic (exact) mass is 294 g/mol. The first-order valence-electron chi connectivity index (χ1n) is 9.70. The fourth-order valence-electron chi connectivity index (χ4n) is 4.71. The van der Waals surface area contributed by atoms with Crippen LogP contribution in [0.2, 0.25) is 0 Å². The van der Waals surface area contributed by atoms with Crippen LogP contribution in [-0.2, 0) is 0 Å². The molecular formula is C19H38N2.